The molecule has 1 saturated heterocycles. The minimum Gasteiger partial charge on any atom is -0.379 e. The third-order valence-corrected chi connectivity index (χ3v) is 5.11. The average molecular weight is 428 g/mol. The lowest BCUT2D eigenvalue weighted by molar-refractivity contribution is -0.116. The Bertz CT molecular complexity index is 1110. The zero-order chi connectivity index (χ0) is 21.8. The number of rotatable bonds is 6. The Hall–Kier alpha value is -3.30. The fraction of sp³-hybridized carbons (Fsp3) is 0.273. The van der Waals surface area contributed by atoms with Crippen LogP contribution in [0.25, 0.3) is 10.9 Å². The molecule has 3 aromatic rings. The Kier molecular flexibility index (Phi) is 6.24. The first-order valence-corrected chi connectivity index (χ1v) is 9.98. The van der Waals surface area contributed by atoms with Crippen molar-refractivity contribution < 1.29 is 23.1 Å². The minimum absolute atomic E-state index is 0.0209. The summed E-state index contributed by atoms with van der Waals surface area (Å²) < 4.78 is 33.3. The summed E-state index contributed by atoms with van der Waals surface area (Å²) in [5.41, 5.74) is 0.944. The first-order chi connectivity index (χ1) is 15.0. The van der Waals surface area contributed by atoms with Crippen LogP contribution in [0.4, 0.5) is 20.2 Å². The Labute approximate surface area is 177 Å². The molecule has 0 aliphatic carbocycles. The van der Waals surface area contributed by atoms with Crippen molar-refractivity contribution in [2.24, 2.45) is 0 Å². The van der Waals surface area contributed by atoms with E-state index in [1.54, 1.807) is 12.1 Å². The number of aromatic amines is 1. The molecule has 1 aromatic heterocycles. The number of morpholine rings is 1. The van der Waals surface area contributed by atoms with Gasteiger partial charge in [0.15, 0.2) is 0 Å². The van der Waals surface area contributed by atoms with Crippen LogP contribution in [-0.2, 0) is 9.53 Å². The molecule has 0 saturated carbocycles. The van der Waals surface area contributed by atoms with Gasteiger partial charge in [0.1, 0.15) is 17.3 Å². The maximum atomic E-state index is 14.2. The van der Waals surface area contributed by atoms with E-state index in [-0.39, 0.29) is 23.7 Å². The van der Waals surface area contributed by atoms with Gasteiger partial charge in [0.25, 0.3) is 5.91 Å². The maximum Gasteiger partial charge on any atom is 0.272 e. The number of benzene rings is 2. The van der Waals surface area contributed by atoms with Crippen LogP contribution >= 0.6 is 0 Å². The van der Waals surface area contributed by atoms with Gasteiger partial charge in [-0.1, -0.05) is 6.07 Å². The monoisotopic (exact) mass is 428 g/mol. The van der Waals surface area contributed by atoms with E-state index in [9.17, 15) is 18.4 Å². The van der Waals surface area contributed by atoms with Gasteiger partial charge in [-0.25, -0.2) is 8.78 Å². The molecular weight excluding hydrogens is 406 g/mol. The van der Waals surface area contributed by atoms with Crippen LogP contribution in [0, 0.1) is 11.6 Å². The second-order valence-electron chi connectivity index (χ2n) is 7.29. The lowest BCUT2D eigenvalue weighted by Crippen LogP contribution is -2.38. The Morgan fingerprint density at radius 3 is 2.61 bits per heavy atom. The summed E-state index contributed by atoms with van der Waals surface area (Å²) in [5, 5.41) is 5.49. The van der Waals surface area contributed by atoms with Crippen molar-refractivity contribution in [2.75, 3.05) is 43.5 Å². The van der Waals surface area contributed by atoms with Crippen molar-refractivity contribution >= 4 is 34.1 Å². The number of nitrogens with zero attached hydrogens (tertiary/aromatic N) is 1. The number of nitrogens with one attached hydrogen (secondary N) is 3. The standard InChI is InChI=1S/C22H22F2N4O3/c23-16-2-1-3-18-15(16)13-20(26-18)22(30)25-14-4-5-17(24)19(12-14)27-21(29)6-7-28-8-10-31-11-9-28/h1-5,12-13,26H,6-11H2,(H,25,30)(H,27,29). The van der Waals surface area contributed by atoms with Crippen molar-refractivity contribution in [3.8, 4) is 0 Å². The first kappa shape index (κ1) is 21.0. The molecule has 7 nitrogen and oxygen atoms in total. The maximum absolute atomic E-state index is 14.2. The van der Waals surface area contributed by atoms with Crippen LogP contribution in [0.1, 0.15) is 16.9 Å². The lowest BCUT2D eigenvalue weighted by atomic mass is 10.2. The zero-order valence-corrected chi connectivity index (χ0v) is 16.7. The number of carbonyl (C=O) groups excluding carboxylic acids is 2. The van der Waals surface area contributed by atoms with Crippen LogP contribution in [0.15, 0.2) is 42.5 Å². The van der Waals surface area contributed by atoms with E-state index >= 15 is 0 Å². The second kappa shape index (κ2) is 9.23. The smallest absolute Gasteiger partial charge is 0.272 e. The molecule has 31 heavy (non-hydrogen) atoms. The van der Waals surface area contributed by atoms with Gasteiger partial charge in [0, 0.05) is 42.6 Å². The summed E-state index contributed by atoms with van der Waals surface area (Å²) >= 11 is 0. The predicted octanol–water partition coefficient (Wildman–Crippen LogP) is 3.36. The van der Waals surface area contributed by atoms with Gasteiger partial charge in [0.2, 0.25) is 5.91 Å². The number of fused-ring (bicyclic) bond motifs is 1. The van der Waals surface area contributed by atoms with Crippen LogP contribution in [0.3, 0.4) is 0 Å². The highest BCUT2D eigenvalue weighted by Crippen LogP contribution is 2.22. The van der Waals surface area contributed by atoms with Crippen LogP contribution in [0.5, 0.6) is 0 Å². The van der Waals surface area contributed by atoms with Crippen LogP contribution < -0.4 is 10.6 Å². The van der Waals surface area contributed by atoms with Gasteiger partial charge in [-0.2, -0.15) is 0 Å². The molecule has 0 atom stereocenters. The SMILES string of the molecule is O=C(CCN1CCOCC1)Nc1cc(NC(=O)c2cc3c(F)cccc3[nH]2)ccc1F. The van der Waals surface area contributed by atoms with Crippen molar-refractivity contribution in [1.29, 1.82) is 0 Å². The molecule has 0 radical (unpaired) electrons. The molecule has 0 unspecified atom stereocenters. The van der Waals surface area contributed by atoms with Gasteiger partial charge in [-0.15, -0.1) is 0 Å². The summed E-state index contributed by atoms with van der Waals surface area (Å²) in [5.74, 6) is -1.87. The van der Waals surface area contributed by atoms with E-state index in [0.29, 0.717) is 36.3 Å². The number of hydrogen-bond donors (Lipinski definition) is 3. The first-order valence-electron chi connectivity index (χ1n) is 9.98. The van der Waals surface area contributed by atoms with Crippen molar-refractivity contribution in [3.05, 3.63) is 59.8 Å². The highest BCUT2D eigenvalue weighted by atomic mass is 19.1. The number of carbonyl (C=O) groups is 2. The Morgan fingerprint density at radius 2 is 1.84 bits per heavy atom. The summed E-state index contributed by atoms with van der Waals surface area (Å²) in [4.78, 5) is 29.7. The Balaban J connectivity index is 1.40. The molecule has 1 aliphatic rings. The Morgan fingerprint density at radius 1 is 1.03 bits per heavy atom. The number of ether oxygens (including phenoxy) is 1. The topological polar surface area (TPSA) is 86.5 Å². The van der Waals surface area contributed by atoms with E-state index in [2.05, 4.69) is 20.5 Å². The van der Waals surface area contributed by atoms with Gasteiger partial charge >= 0.3 is 0 Å². The molecule has 2 aromatic carbocycles. The molecule has 0 bridgehead atoms. The summed E-state index contributed by atoms with van der Waals surface area (Å²) in [6.07, 6.45) is 0.219. The number of amides is 2. The average Bonchev–Trinajstić information content (AvgIpc) is 3.21. The summed E-state index contributed by atoms with van der Waals surface area (Å²) in [7, 11) is 0. The van der Waals surface area contributed by atoms with E-state index in [4.69, 9.17) is 4.74 Å². The molecule has 2 amide bonds. The number of H-pyrrole nitrogens is 1. The van der Waals surface area contributed by atoms with Crippen molar-refractivity contribution in [1.82, 2.24) is 9.88 Å². The molecule has 4 rings (SSSR count). The van der Waals surface area contributed by atoms with Gasteiger partial charge in [-0.05, 0) is 36.4 Å². The number of halogens is 2. The van der Waals surface area contributed by atoms with Gasteiger partial charge in [-0.3, -0.25) is 14.5 Å². The van der Waals surface area contributed by atoms with E-state index in [1.165, 1.54) is 24.3 Å². The molecule has 9 heteroatoms. The van der Waals surface area contributed by atoms with Gasteiger partial charge in [0.05, 0.1) is 18.9 Å². The molecule has 3 N–H and O–H groups in total. The van der Waals surface area contributed by atoms with Crippen LogP contribution in [0.2, 0.25) is 0 Å². The minimum atomic E-state index is -0.606. The number of aromatic nitrogens is 1. The molecule has 0 spiro atoms. The van der Waals surface area contributed by atoms with E-state index in [1.807, 2.05) is 0 Å². The predicted molar refractivity (Wildman–Crippen MR) is 113 cm³/mol. The number of hydrogen-bond acceptors (Lipinski definition) is 4. The normalized spacial score (nSPS) is 14.5. The fourth-order valence-electron chi connectivity index (χ4n) is 3.43. The molecular formula is C22H22F2N4O3. The largest absolute Gasteiger partial charge is 0.379 e. The lowest BCUT2D eigenvalue weighted by Gasteiger charge is -2.26. The molecule has 1 fully saturated rings. The highest BCUT2D eigenvalue weighted by Gasteiger charge is 2.15. The summed E-state index contributed by atoms with van der Waals surface area (Å²) in [6, 6.07) is 9.84. The molecule has 162 valence electrons. The second-order valence-corrected chi connectivity index (χ2v) is 7.29. The van der Waals surface area contributed by atoms with Crippen LogP contribution in [-0.4, -0.2) is 54.5 Å². The van der Waals surface area contributed by atoms with E-state index < -0.39 is 17.5 Å². The van der Waals surface area contributed by atoms with Crippen molar-refractivity contribution in [2.45, 2.75) is 6.42 Å². The van der Waals surface area contributed by atoms with Crippen molar-refractivity contribution in [3.63, 3.8) is 0 Å². The zero-order valence-electron chi connectivity index (χ0n) is 16.7. The molecule has 2 heterocycles. The third kappa shape index (κ3) is 5.07. The van der Waals surface area contributed by atoms with E-state index in [0.717, 1.165) is 19.2 Å². The molecule has 1 aliphatic heterocycles. The van der Waals surface area contributed by atoms with Gasteiger partial charge < -0.3 is 20.4 Å². The highest BCUT2D eigenvalue weighted by molar-refractivity contribution is 6.06. The number of anilines is 2. The summed E-state index contributed by atoms with van der Waals surface area (Å²) in [6.45, 7) is 3.37. The quantitative estimate of drug-likeness (QED) is 0.562. The third-order valence-electron chi connectivity index (χ3n) is 5.11. The fourth-order valence-corrected chi connectivity index (χ4v) is 3.43.